The van der Waals surface area contributed by atoms with Gasteiger partial charge >= 0.3 is 0 Å². The Labute approximate surface area is 185 Å². The lowest BCUT2D eigenvalue weighted by atomic mass is 9.84. The summed E-state index contributed by atoms with van der Waals surface area (Å²) in [5, 5.41) is 9.86. The van der Waals surface area contributed by atoms with E-state index in [0.717, 1.165) is 11.3 Å². The van der Waals surface area contributed by atoms with Crippen molar-refractivity contribution in [3.63, 3.8) is 0 Å². The maximum atomic E-state index is 13.7. The molecule has 0 amide bonds. The average molecular weight is 429 g/mol. The summed E-state index contributed by atoms with van der Waals surface area (Å²) in [6.07, 6.45) is 0. The molecule has 0 unspecified atom stereocenters. The minimum Gasteiger partial charge on any atom is -0.493 e. The maximum absolute atomic E-state index is 13.7. The van der Waals surface area contributed by atoms with Crippen LogP contribution in [0.2, 0.25) is 0 Å². The van der Waals surface area contributed by atoms with E-state index >= 15 is 0 Å². The molecule has 1 atom stereocenters. The number of fused-ring (bicyclic) bond motifs is 1. The Balaban J connectivity index is 1.93. The van der Waals surface area contributed by atoms with Crippen LogP contribution in [0.15, 0.2) is 70.8 Å². The number of ether oxygens (including phenoxy) is 3. The van der Waals surface area contributed by atoms with Crippen LogP contribution in [0, 0.1) is 18.3 Å². The number of aromatic nitrogens is 1. The van der Waals surface area contributed by atoms with Crippen molar-refractivity contribution in [1.29, 1.82) is 5.26 Å². The summed E-state index contributed by atoms with van der Waals surface area (Å²) in [6, 6.07) is 18.9. The molecule has 162 valence electrons. The second kappa shape index (κ2) is 8.52. The number of rotatable bonds is 5. The van der Waals surface area contributed by atoms with E-state index in [1.54, 1.807) is 35.9 Å². The van der Waals surface area contributed by atoms with Gasteiger partial charge in [-0.1, -0.05) is 36.4 Å². The molecule has 7 nitrogen and oxygen atoms in total. The molecule has 1 aliphatic heterocycles. The Kier molecular flexibility index (Phi) is 5.61. The summed E-state index contributed by atoms with van der Waals surface area (Å²) in [6.45, 7) is 2.25. The molecule has 0 spiro atoms. The predicted molar refractivity (Wildman–Crippen MR) is 120 cm³/mol. The first-order valence-corrected chi connectivity index (χ1v) is 10.1. The molecular weight excluding hydrogens is 406 g/mol. The lowest BCUT2D eigenvalue weighted by molar-refractivity contribution is 0.354. The van der Waals surface area contributed by atoms with E-state index in [4.69, 9.17) is 19.9 Å². The van der Waals surface area contributed by atoms with Crippen molar-refractivity contribution in [1.82, 2.24) is 4.57 Å². The largest absolute Gasteiger partial charge is 0.493 e. The number of methoxy groups -OCH3 is 2. The second-order valence-electron chi connectivity index (χ2n) is 7.48. The number of hydrogen-bond donors (Lipinski definition) is 1. The molecule has 0 saturated carbocycles. The van der Waals surface area contributed by atoms with Crippen molar-refractivity contribution in [2.45, 2.75) is 19.4 Å². The summed E-state index contributed by atoms with van der Waals surface area (Å²) >= 11 is 0. The zero-order chi connectivity index (χ0) is 22.8. The van der Waals surface area contributed by atoms with Crippen molar-refractivity contribution >= 4 is 0 Å². The van der Waals surface area contributed by atoms with Crippen molar-refractivity contribution in [2.24, 2.45) is 5.73 Å². The van der Waals surface area contributed by atoms with Gasteiger partial charge < -0.3 is 24.5 Å². The van der Waals surface area contributed by atoms with Crippen molar-refractivity contribution in [2.75, 3.05) is 14.2 Å². The molecule has 4 rings (SSSR count). The molecule has 1 aliphatic rings. The fraction of sp³-hybridized carbons (Fsp3) is 0.200. The normalized spacial score (nSPS) is 14.9. The van der Waals surface area contributed by atoms with Gasteiger partial charge in [0, 0.05) is 11.8 Å². The van der Waals surface area contributed by atoms with E-state index in [0.29, 0.717) is 34.9 Å². The molecule has 0 fully saturated rings. The van der Waals surface area contributed by atoms with Crippen LogP contribution in [-0.4, -0.2) is 18.8 Å². The number of nitrogens with two attached hydrogens (primary N) is 1. The van der Waals surface area contributed by atoms with Gasteiger partial charge in [-0.25, -0.2) is 0 Å². The Morgan fingerprint density at radius 2 is 1.81 bits per heavy atom. The van der Waals surface area contributed by atoms with Crippen LogP contribution in [0.5, 0.6) is 17.2 Å². The van der Waals surface area contributed by atoms with Gasteiger partial charge in [-0.3, -0.25) is 4.79 Å². The monoisotopic (exact) mass is 429 g/mol. The second-order valence-corrected chi connectivity index (χ2v) is 7.48. The summed E-state index contributed by atoms with van der Waals surface area (Å²) in [7, 11) is 3.08. The van der Waals surface area contributed by atoms with Gasteiger partial charge in [-0.15, -0.1) is 0 Å². The number of pyridine rings is 1. The van der Waals surface area contributed by atoms with E-state index in [9.17, 15) is 10.1 Å². The third-order valence-electron chi connectivity index (χ3n) is 5.61. The van der Waals surface area contributed by atoms with E-state index in [2.05, 4.69) is 6.07 Å². The van der Waals surface area contributed by atoms with Gasteiger partial charge in [-0.2, -0.15) is 5.26 Å². The number of hydrogen-bond acceptors (Lipinski definition) is 6. The third-order valence-corrected chi connectivity index (χ3v) is 5.61. The zero-order valence-electron chi connectivity index (χ0n) is 18.1. The fourth-order valence-electron chi connectivity index (χ4n) is 4.01. The van der Waals surface area contributed by atoms with Crippen LogP contribution in [0.25, 0.3) is 0 Å². The zero-order valence-corrected chi connectivity index (χ0v) is 18.1. The van der Waals surface area contributed by atoms with Crippen LogP contribution in [0.1, 0.15) is 28.3 Å². The SMILES string of the molecule is COc1ccc([C@@H]2C(C#N)=C(N)Oc3cc(C)n(Cc4ccccc4)c(=O)c32)cc1OC. The smallest absolute Gasteiger partial charge is 0.259 e. The van der Waals surface area contributed by atoms with Crippen molar-refractivity contribution in [3.8, 4) is 23.3 Å². The number of allylic oxidation sites excluding steroid dienone is 1. The molecule has 0 saturated heterocycles. The predicted octanol–water partition coefficient (Wildman–Crippen LogP) is 3.44. The highest BCUT2D eigenvalue weighted by atomic mass is 16.5. The van der Waals surface area contributed by atoms with Gasteiger partial charge in [0.25, 0.3) is 5.56 Å². The first kappa shape index (κ1) is 21.1. The summed E-state index contributed by atoms with van der Waals surface area (Å²) in [5.74, 6) is 0.682. The van der Waals surface area contributed by atoms with Crippen LogP contribution in [-0.2, 0) is 6.54 Å². The van der Waals surface area contributed by atoms with Gasteiger partial charge in [0.05, 0.1) is 32.2 Å². The molecule has 0 radical (unpaired) electrons. The fourth-order valence-corrected chi connectivity index (χ4v) is 4.01. The van der Waals surface area contributed by atoms with E-state index in [1.165, 1.54) is 7.11 Å². The lowest BCUT2D eigenvalue weighted by Gasteiger charge is -2.27. The Morgan fingerprint density at radius 3 is 2.47 bits per heavy atom. The van der Waals surface area contributed by atoms with E-state index in [1.807, 2.05) is 37.3 Å². The van der Waals surface area contributed by atoms with Crippen LogP contribution < -0.4 is 25.5 Å². The standard InChI is InChI=1S/C25H23N3O4/c1-15-11-21-23(25(29)28(15)14-16-7-5-4-6-8-16)22(18(13-26)24(27)32-21)17-9-10-19(30-2)20(12-17)31-3/h4-12,22H,14,27H2,1-3H3/t22-/m1/s1. The van der Waals surface area contributed by atoms with Crippen molar-refractivity contribution in [3.05, 3.63) is 98.8 Å². The average Bonchev–Trinajstić information content (AvgIpc) is 2.81. The molecule has 2 aromatic carbocycles. The molecule has 7 heteroatoms. The molecule has 0 bridgehead atoms. The number of nitrogens with zero attached hydrogens (tertiary/aromatic N) is 2. The minimum absolute atomic E-state index is 0.0144. The van der Waals surface area contributed by atoms with Gasteiger partial charge in [0.15, 0.2) is 11.5 Å². The van der Waals surface area contributed by atoms with Crippen LogP contribution >= 0.6 is 0 Å². The summed E-state index contributed by atoms with van der Waals surface area (Å²) in [4.78, 5) is 13.7. The van der Waals surface area contributed by atoms with Crippen LogP contribution in [0.4, 0.5) is 0 Å². The van der Waals surface area contributed by atoms with Crippen molar-refractivity contribution < 1.29 is 14.2 Å². The topological polar surface area (TPSA) is 99.5 Å². The first-order chi connectivity index (χ1) is 15.5. The highest BCUT2D eigenvalue weighted by molar-refractivity contribution is 5.57. The molecule has 2 heterocycles. The van der Waals surface area contributed by atoms with Crippen LogP contribution in [0.3, 0.4) is 0 Å². The Morgan fingerprint density at radius 1 is 1.09 bits per heavy atom. The molecule has 0 aliphatic carbocycles. The molecular formula is C25H23N3O4. The van der Waals surface area contributed by atoms with E-state index in [-0.39, 0.29) is 17.0 Å². The van der Waals surface area contributed by atoms with E-state index < -0.39 is 5.92 Å². The number of benzene rings is 2. The first-order valence-electron chi connectivity index (χ1n) is 10.1. The quantitative estimate of drug-likeness (QED) is 0.667. The highest BCUT2D eigenvalue weighted by Gasteiger charge is 2.34. The lowest BCUT2D eigenvalue weighted by Crippen LogP contribution is -2.33. The van der Waals surface area contributed by atoms with Gasteiger partial charge in [0.1, 0.15) is 17.4 Å². The Bertz CT molecular complexity index is 1300. The minimum atomic E-state index is -0.696. The molecule has 2 N–H and O–H groups in total. The number of nitriles is 1. The summed E-state index contributed by atoms with van der Waals surface area (Å²) in [5.41, 5.74) is 8.81. The highest BCUT2D eigenvalue weighted by Crippen LogP contribution is 2.42. The third kappa shape index (κ3) is 3.56. The molecule has 1 aromatic heterocycles. The number of aryl methyl sites for hydroxylation is 1. The molecule has 3 aromatic rings. The summed E-state index contributed by atoms with van der Waals surface area (Å²) < 4.78 is 18.2. The molecule has 32 heavy (non-hydrogen) atoms. The van der Waals surface area contributed by atoms with Gasteiger partial charge in [0.2, 0.25) is 5.88 Å². The van der Waals surface area contributed by atoms with Gasteiger partial charge in [-0.05, 0) is 30.2 Å². The maximum Gasteiger partial charge on any atom is 0.259 e. The Hall–Kier alpha value is -4.18.